The fourth-order valence-electron chi connectivity index (χ4n) is 5.29. The molecule has 1 aliphatic rings. The number of ether oxygens (including phenoxy) is 1. The number of carbonyl (C=O) groups excluding carboxylic acids is 6. The average Bonchev–Trinajstić information content (AvgIpc) is 3.01. The van der Waals surface area contributed by atoms with Crippen LogP contribution >= 0.6 is 0 Å². The van der Waals surface area contributed by atoms with E-state index in [1.165, 1.54) is 18.9 Å². The van der Waals surface area contributed by atoms with E-state index < -0.39 is 84.3 Å². The van der Waals surface area contributed by atoms with E-state index in [1.807, 2.05) is 20.8 Å². The number of aliphatic hydroxyl groups is 1. The Morgan fingerprint density at radius 3 is 2.07 bits per heavy atom. The lowest BCUT2D eigenvalue weighted by molar-refractivity contribution is -0.157. The molecule has 264 valence electrons. The summed E-state index contributed by atoms with van der Waals surface area (Å²) >= 11 is 0. The van der Waals surface area contributed by atoms with Crippen LogP contribution in [0.5, 0.6) is 0 Å². The topological polar surface area (TPSA) is 209 Å². The van der Waals surface area contributed by atoms with Crippen LogP contribution in [-0.2, 0) is 33.5 Å². The Morgan fingerprint density at radius 1 is 0.891 bits per heavy atom. The molecule has 0 bridgehead atoms. The van der Waals surface area contributed by atoms with Crippen LogP contribution in [0.15, 0.2) is 0 Å². The summed E-state index contributed by atoms with van der Waals surface area (Å²) in [4.78, 5) is 81.6. The quantitative estimate of drug-likeness (QED) is 0.134. The Kier molecular flexibility index (Phi) is 17.8. The molecule has 0 radical (unpaired) electrons. The summed E-state index contributed by atoms with van der Waals surface area (Å²) in [6, 6.07) is -4.79. The molecule has 46 heavy (non-hydrogen) atoms. The number of aliphatic hydroxyl groups excluding tert-OH is 1. The molecule has 1 fully saturated rings. The number of nitrogens with zero attached hydrogens (tertiary/aromatic N) is 1. The lowest BCUT2D eigenvalue weighted by Gasteiger charge is -2.34. The lowest BCUT2D eigenvalue weighted by Crippen LogP contribution is -2.62. The van der Waals surface area contributed by atoms with E-state index in [9.17, 15) is 33.9 Å². The number of cyclic esters (lactones) is 1. The second-order valence-corrected chi connectivity index (χ2v) is 12.9. The maximum atomic E-state index is 13.9. The molecule has 0 aliphatic carbocycles. The highest BCUT2D eigenvalue weighted by Gasteiger charge is 2.38. The Balaban J connectivity index is 3.62. The molecule has 0 spiro atoms. The SMILES string of the molecule is CCCCCC[C@H]1OC(=O)CNC(=O)[C@H]([C@H](C)O)NC(=O)[C@H](CN)NC(=O)[C@H]([C@H](C)CC)NC(=O)[C@H](CC(C)C)N(C)C(=O)[C@@H]1C. The molecule has 1 rings (SSSR count). The van der Waals surface area contributed by atoms with Gasteiger partial charge in [0.25, 0.3) is 0 Å². The molecular formula is C32H58N6O8. The molecule has 14 heteroatoms. The van der Waals surface area contributed by atoms with Crippen molar-refractivity contribution in [1.29, 1.82) is 0 Å². The zero-order valence-electron chi connectivity index (χ0n) is 28.9. The van der Waals surface area contributed by atoms with Gasteiger partial charge in [0, 0.05) is 13.6 Å². The number of nitrogens with two attached hydrogens (primary N) is 1. The van der Waals surface area contributed by atoms with Crippen molar-refractivity contribution in [3.63, 3.8) is 0 Å². The summed E-state index contributed by atoms with van der Waals surface area (Å²) in [5.41, 5.74) is 5.81. The second kappa shape index (κ2) is 20.1. The van der Waals surface area contributed by atoms with E-state index in [4.69, 9.17) is 10.5 Å². The molecular weight excluding hydrogens is 596 g/mol. The maximum Gasteiger partial charge on any atom is 0.325 e. The number of rotatable bonds is 11. The van der Waals surface area contributed by atoms with Gasteiger partial charge in [-0.3, -0.25) is 28.8 Å². The fraction of sp³-hybridized carbons (Fsp3) is 0.812. The lowest BCUT2D eigenvalue weighted by atomic mass is 9.94. The molecule has 0 aromatic carbocycles. The van der Waals surface area contributed by atoms with Crippen molar-refractivity contribution in [3.8, 4) is 0 Å². The fourth-order valence-corrected chi connectivity index (χ4v) is 5.29. The van der Waals surface area contributed by atoms with Gasteiger partial charge in [0.2, 0.25) is 29.5 Å². The molecule has 1 aliphatic heterocycles. The summed E-state index contributed by atoms with van der Waals surface area (Å²) in [6.07, 6.45) is 2.52. The van der Waals surface area contributed by atoms with Crippen molar-refractivity contribution >= 4 is 35.5 Å². The first-order valence-electron chi connectivity index (χ1n) is 16.6. The Hall–Kier alpha value is -3.26. The highest BCUT2D eigenvalue weighted by molar-refractivity contribution is 5.96. The first-order valence-corrected chi connectivity index (χ1v) is 16.6. The van der Waals surface area contributed by atoms with Crippen LogP contribution in [0, 0.1) is 17.8 Å². The minimum Gasteiger partial charge on any atom is -0.460 e. The number of unbranched alkanes of at least 4 members (excludes halogenated alkanes) is 3. The van der Waals surface area contributed by atoms with Crippen molar-refractivity contribution in [2.75, 3.05) is 20.1 Å². The molecule has 14 nitrogen and oxygen atoms in total. The van der Waals surface area contributed by atoms with Crippen molar-refractivity contribution in [2.45, 2.75) is 130 Å². The number of carbonyl (C=O) groups is 6. The molecule has 0 aromatic rings. The molecule has 7 N–H and O–H groups in total. The largest absolute Gasteiger partial charge is 0.460 e. The van der Waals surface area contributed by atoms with Gasteiger partial charge < -0.3 is 41.7 Å². The molecule has 0 unspecified atom stereocenters. The third kappa shape index (κ3) is 12.5. The number of nitrogens with one attached hydrogen (secondary N) is 4. The normalized spacial score (nSPS) is 27.8. The molecule has 8 atom stereocenters. The second-order valence-electron chi connectivity index (χ2n) is 12.9. The van der Waals surface area contributed by atoms with Gasteiger partial charge in [0.15, 0.2) is 0 Å². The number of amides is 5. The van der Waals surface area contributed by atoms with E-state index in [0.717, 1.165) is 19.3 Å². The molecule has 0 saturated carbocycles. The standard InChI is InChI=1S/C32H58N6O8/c1-9-11-12-13-14-24-20(6)32(45)38(8)23(15-18(3)4)29(42)36-26(19(5)10-2)31(44)35-22(16-33)28(41)37-27(21(7)39)30(43)34-17-25(40)46-24/h18-24,26-27,39H,9-17,33H2,1-8H3,(H,34,43)(H,35,44)(H,36,42)(H,37,41)/t19-,20-,21+,22+,23+,24-,26+,27+/m1/s1. The van der Waals surface area contributed by atoms with E-state index in [-0.39, 0.29) is 18.4 Å². The first-order chi connectivity index (χ1) is 21.6. The summed E-state index contributed by atoms with van der Waals surface area (Å²) in [5.74, 6) is -5.28. The van der Waals surface area contributed by atoms with Gasteiger partial charge in [-0.05, 0) is 38.0 Å². The Morgan fingerprint density at radius 2 is 1.52 bits per heavy atom. The predicted molar refractivity (Wildman–Crippen MR) is 173 cm³/mol. The Labute approximate surface area is 273 Å². The summed E-state index contributed by atoms with van der Waals surface area (Å²) in [5, 5.41) is 20.4. The molecule has 1 heterocycles. The van der Waals surface area contributed by atoms with Gasteiger partial charge in [-0.25, -0.2) is 0 Å². The van der Waals surface area contributed by atoms with Crippen LogP contribution < -0.4 is 27.0 Å². The number of likely N-dealkylation sites (N-methyl/N-ethyl adjacent to an activating group) is 1. The van der Waals surface area contributed by atoms with E-state index in [0.29, 0.717) is 25.7 Å². The average molecular weight is 655 g/mol. The highest BCUT2D eigenvalue weighted by atomic mass is 16.5. The highest BCUT2D eigenvalue weighted by Crippen LogP contribution is 2.22. The van der Waals surface area contributed by atoms with Gasteiger partial charge >= 0.3 is 5.97 Å². The van der Waals surface area contributed by atoms with Gasteiger partial charge in [-0.2, -0.15) is 0 Å². The van der Waals surface area contributed by atoms with Crippen molar-refractivity contribution in [1.82, 2.24) is 26.2 Å². The van der Waals surface area contributed by atoms with Gasteiger partial charge in [0.1, 0.15) is 36.8 Å². The third-order valence-corrected chi connectivity index (χ3v) is 8.52. The van der Waals surface area contributed by atoms with Crippen LogP contribution in [0.2, 0.25) is 0 Å². The summed E-state index contributed by atoms with van der Waals surface area (Å²) in [6.45, 7) is 11.5. The Bertz CT molecular complexity index is 1040. The number of hydrogen-bond acceptors (Lipinski definition) is 9. The third-order valence-electron chi connectivity index (χ3n) is 8.52. The van der Waals surface area contributed by atoms with E-state index >= 15 is 0 Å². The van der Waals surface area contributed by atoms with Crippen LogP contribution in [0.1, 0.15) is 93.4 Å². The van der Waals surface area contributed by atoms with Crippen LogP contribution in [0.4, 0.5) is 0 Å². The summed E-state index contributed by atoms with van der Waals surface area (Å²) < 4.78 is 5.72. The molecule has 1 saturated heterocycles. The monoisotopic (exact) mass is 654 g/mol. The number of esters is 1. The molecule has 0 aromatic heterocycles. The first kappa shape index (κ1) is 40.8. The van der Waals surface area contributed by atoms with Gasteiger partial charge in [-0.15, -0.1) is 0 Å². The zero-order valence-corrected chi connectivity index (χ0v) is 28.9. The summed E-state index contributed by atoms with van der Waals surface area (Å²) in [7, 11) is 1.52. The zero-order chi connectivity index (χ0) is 35.1. The van der Waals surface area contributed by atoms with E-state index in [1.54, 1.807) is 13.8 Å². The number of hydrogen-bond donors (Lipinski definition) is 6. The van der Waals surface area contributed by atoms with E-state index in [2.05, 4.69) is 28.2 Å². The van der Waals surface area contributed by atoms with Crippen LogP contribution in [0.3, 0.4) is 0 Å². The molecule has 5 amide bonds. The smallest absolute Gasteiger partial charge is 0.325 e. The maximum absolute atomic E-state index is 13.9. The van der Waals surface area contributed by atoms with Crippen molar-refractivity contribution in [2.24, 2.45) is 23.5 Å². The van der Waals surface area contributed by atoms with Crippen molar-refractivity contribution in [3.05, 3.63) is 0 Å². The predicted octanol–water partition coefficient (Wildman–Crippen LogP) is 0.348. The minimum absolute atomic E-state index is 0.0113. The van der Waals surface area contributed by atoms with Crippen LogP contribution in [-0.4, -0.2) is 102 Å². The van der Waals surface area contributed by atoms with Crippen LogP contribution in [0.25, 0.3) is 0 Å². The van der Waals surface area contributed by atoms with Gasteiger partial charge in [0.05, 0.1) is 12.0 Å². The van der Waals surface area contributed by atoms with Gasteiger partial charge in [-0.1, -0.05) is 67.2 Å². The minimum atomic E-state index is -1.48. The van der Waals surface area contributed by atoms with Crippen molar-refractivity contribution < 1.29 is 38.6 Å².